The van der Waals surface area contributed by atoms with Crippen molar-refractivity contribution in [1.82, 2.24) is 0 Å². The first-order chi connectivity index (χ1) is 5.75. The molecular weight excluding hydrogens is 150 g/mol. The van der Waals surface area contributed by atoms with Crippen molar-refractivity contribution < 1.29 is 4.74 Å². The molecule has 0 radical (unpaired) electrons. The van der Waals surface area contributed by atoms with Gasteiger partial charge in [0.25, 0.3) is 0 Å². The van der Waals surface area contributed by atoms with Gasteiger partial charge in [-0.05, 0) is 31.5 Å². The van der Waals surface area contributed by atoms with Crippen LogP contribution < -0.4 is 10.1 Å². The molecule has 0 aliphatic carbocycles. The lowest BCUT2D eigenvalue weighted by atomic mass is 10.1. The Kier molecular flexibility index (Phi) is 1.68. The van der Waals surface area contributed by atoms with E-state index in [4.69, 9.17) is 4.74 Å². The summed E-state index contributed by atoms with van der Waals surface area (Å²) < 4.78 is 5.55. The lowest BCUT2D eigenvalue weighted by molar-refractivity contribution is 0.291. The predicted molar refractivity (Wildman–Crippen MR) is 49.8 cm³/mol. The van der Waals surface area contributed by atoms with Crippen molar-refractivity contribution in [2.45, 2.75) is 19.9 Å². The third-order valence-electron chi connectivity index (χ3n) is 2.03. The Balaban J connectivity index is 2.37. The number of fused-ring (bicyclic) bond motifs is 1. The van der Waals surface area contributed by atoms with Crippen LogP contribution >= 0.6 is 0 Å². The molecule has 1 heterocycles. The van der Waals surface area contributed by atoms with E-state index in [2.05, 4.69) is 37.4 Å². The lowest BCUT2D eigenvalue weighted by Gasteiger charge is -2.24. The largest absolute Gasteiger partial charge is 0.489 e. The van der Waals surface area contributed by atoms with E-state index in [1.807, 2.05) is 0 Å². The maximum atomic E-state index is 5.55. The van der Waals surface area contributed by atoms with Gasteiger partial charge in [-0.3, -0.25) is 0 Å². The molecule has 0 saturated heterocycles. The summed E-state index contributed by atoms with van der Waals surface area (Å²) >= 11 is 0. The Labute approximate surface area is 72.5 Å². The average molecular weight is 163 g/mol. The topological polar surface area (TPSA) is 21.3 Å². The molecule has 64 valence electrons. The highest BCUT2D eigenvalue weighted by Gasteiger charge is 2.13. The van der Waals surface area contributed by atoms with Gasteiger partial charge < -0.3 is 10.1 Å². The molecule has 2 rings (SSSR count). The number of rotatable bonds is 0. The Morgan fingerprint density at radius 3 is 3.17 bits per heavy atom. The normalized spacial score (nSPS) is 20.7. The number of benzene rings is 1. The van der Waals surface area contributed by atoms with Crippen molar-refractivity contribution >= 4 is 5.69 Å². The standard InChI is InChI=1S/C10H13NO/c1-7-3-4-9-10(5-7)12-6-8(2)11-9/h3-5,8,11H,6H2,1-2H3/t8-/m0/s1. The summed E-state index contributed by atoms with van der Waals surface area (Å²) in [4.78, 5) is 0. The molecule has 1 aromatic rings. The molecule has 1 N–H and O–H groups in total. The zero-order chi connectivity index (χ0) is 8.55. The highest BCUT2D eigenvalue weighted by atomic mass is 16.5. The van der Waals surface area contributed by atoms with Crippen LogP contribution in [0.25, 0.3) is 0 Å². The number of hydrogen-bond donors (Lipinski definition) is 1. The van der Waals surface area contributed by atoms with E-state index in [0.717, 1.165) is 18.0 Å². The highest BCUT2D eigenvalue weighted by Crippen LogP contribution is 2.29. The molecule has 0 fully saturated rings. The smallest absolute Gasteiger partial charge is 0.142 e. The third kappa shape index (κ3) is 1.24. The summed E-state index contributed by atoms with van der Waals surface area (Å²) in [5, 5.41) is 3.36. The molecule has 0 spiro atoms. The number of anilines is 1. The molecule has 0 aromatic heterocycles. The van der Waals surface area contributed by atoms with E-state index in [9.17, 15) is 0 Å². The molecular formula is C10H13NO. The monoisotopic (exact) mass is 163 g/mol. The fraction of sp³-hybridized carbons (Fsp3) is 0.400. The zero-order valence-corrected chi connectivity index (χ0v) is 7.42. The van der Waals surface area contributed by atoms with Crippen molar-refractivity contribution in [3.63, 3.8) is 0 Å². The summed E-state index contributed by atoms with van der Waals surface area (Å²) in [6.07, 6.45) is 0. The van der Waals surface area contributed by atoms with Crippen molar-refractivity contribution in [3.05, 3.63) is 23.8 Å². The Morgan fingerprint density at radius 1 is 1.50 bits per heavy atom. The van der Waals surface area contributed by atoms with Crippen LogP contribution in [0.5, 0.6) is 5.75 Å². The first kappa shape index (κ1) is 7.47. The maximum Gasteiger partial charge on any atom is 0.142 e. The van der Waals surface area contributed by atoms with Gasteiger partial charge in [0.05, 0.1) is 11.7 Å². The van der Waals surface area contributed by atoms with Gasteiger partial charge in [-0.2, -0.15) is 0 Å². The molecule has 0 saturated carbocycles. The van der Waals surface area contributed by atoms with Crippen LogP contribution in [0.2, 0.25) is 0 Å². The fourth-order valence-corrected chi connectivity index (χ4v) is 1.39. The minimum Gasteiger partial charge on any atom is -0.489 e. The molecule has 0 bridgehead atoms. The third-order valence-corrected chi connectivity index (χ3v) is 2.03. The molecule has 12 heavy (non-hydrogen) atoms. The molecule has 0 amide bonds. The number of hydrogen-bond acceptors (Lipinski definition) is 2. The minimum absolute atomic E-state index is 0.417. The highest BCUT2D eigenvalue weighted by molar-refractivity contribution is 5.59. The van der Waals surface area contributed by atoms with Crippen LogP contribution in [0, 0.1) is 6.92 Å². The van der Waals surface area contributed by atoms with Gasteiger partial charge >= 0.3 is 0 Å². The van der Waals surface area contributed by atoms with Gasteiger partial charge in [-0.25, -0.2) is 0 Å². The number of ether oxygens (including phenoxy) is 1. The van der Waals surface area contributed by atoms with E-state index in [1.54, 1.807) is 0 Å². The first-order valence-electron chi connectivity index (χ1n) is 4.26. The van der Waals surface area contributed by atoms with Crippen LogP contribution in [0.1, 0.15) is 12.5 Å². The molecule has 1 aliphatic rings. The Morgan fingerprint density at radius 2 is 2.33 bits per heavy atom. The van der Waals surface area contributed by atoms with Crippen LogP contribution in [0.4, 0.5) is 5.69 Å². The van der Waals surface area contributed by atoms with Gasteiger partial charge in [-0.15, -0.1) is 0 Å². The second-order valence-corrected chi connectivity index (χ2v) is 3.36. The first-order valence-corrected chi connectivity index (χ1v) is 4.26. The number of aryl methyl sites for hydroxylation is 1. The van der Waals surface area contributed by atoms with E-state index in [1.165, 1.54) is 5.56 Å². The zero-order valence-electron chi connectivity index (χ0n) is 7.42. The quantitative estimate of drug-likeness (QED) is 0.633. The second-order valence-electron chi connectivity index (χ2n) is 3.36. The van der Waals surface area contributed by atoms with Gasteiger partial charge in [-0.1, -0.05) is 6.07 Å². The molecule has 1 atom stereocenters. The number of nitrogens with one attached hydrogen (secondary N) is 1. The Bertz CT molecular complexity index is 296. The minimum atomic E-state index is 0.417. The second kappa shape index (κ2) is 2.70. The molecule has 2 nitrogen and oxygen atoms in total. The van der Waals surface area contributed by atoms with E-state index in [0.29, 0.717) is 6.04 Å². The van der Waals surface area contributed by atoms with Crippen molar-refractivity contribution in [2.75, 3.05) is 11.9 Å². The van der Waals surface area contributed by atoms with Crippen LogP contribution in [-0.4, -0.2) is 12.6 Å². The van der Waals surface area contributed by atoms with Crippen molar-refractivity contribution in [2.24, 2.45) is 0 Å². The maximum absolute atomic E-state index is 5.55. The summed E-state index contributed by atoms with van der Waals surface area (Å²) in [5.41, 5.74) is 2.35. The van der Waals surface area contributed by atoms with Gasteiger partial charge in [0.15, 0.2) is 0 Å². The van der Waals surface area contributed by atoms with E-state index in [-0.39, 0.29) is 0 Å². The summed E-state index contributed by atoms with van der Waals surface area (Å²) in [5.74, 6) is 0.980. The van der Waals surface area contributed by atoms with Gasteiger partial charge in [0, 0.05) is 0 Å². The fourth-order valence-electron chi connectivity index (χ4n) is 1.39. The summed E-state index contributed by atoms with van der Waals surface area (Å²) in [6, 6.07) is 6.64. The van der Waals surface area contributed by atoms with Gasteiger partial charge in [0.1, 0.15) is 12.4 Å². The van der Waals surface area contributed by atoms with Crippen molar-refractivity contribution in [1.29, 1.82) is 0 Å². The predicted octanol–water partition coefficient (Wildman–Crippen LogP) is 2.19. The summed E-state index contributed by atoms with van der Waals surface area (Å²) in [7, 11) is 0. The molecule has 1 aliphatic heterocycles. The van der Waals surface area contributed by atoms with Crippen molar-refractivity contribution in [3.8, 4) is 5.75 Å². The Hall–Kier alpha value is -1.18. The van der Waals surface area contributed by atoms with E-state index >= 15 is 0 Å². The van der Waals surface area contributed by atoms with Crippen LogP contribution in [0.15, 0.2) is 18.2 Å². The SMILES string of the molecule is Cc1ccc2c(c1)OC[C@H](C)N2. The van der Waals surface area contributed by atoms with Crippen LogP contribution in [0.3, 0.4) is 0 Å². The van der Waals surface area contributed by atoms with Gasteiger partial charge in [0.2, 0.25) is 0 Å². The molecule has 2 heteroatoms. The van der Waals surface area contributed by atoms with Crippen LogP contribution in [-0.2, 0) is 0 Å². The average Bonchev–Trinajstić information content (AvgIpc) is 2.05. The molecule has 1 aromatic carbocycles. The molecule has 0 unspecified atom stereocenters. The van der Waals surface area contributed by atoms with E-state index < -0.39 is 0 Å². The lowest BCUT2D eigenvalue weighted by Crippen LogP contribution is -2.28. The summed E-state index contributed by atoms with van der Waals surface area (Å²) in [6.45, 7) is 4.95.